The normalized spacial score (nSPS) is 11.7. The topological polar surface area (TPSA) is 106 Å². The van der Waals surface area contributed by atoms with Crippen molar-refractivity contribution in [2.45, 2.75) is 11.3 Å². The monoisotopic (exact) mass is 396 g/mol. The maximum atomic E-state index is 12.7. The first-order valence-electron chi connectivity index (χ1n) is 7.63. The third kappa shape index (κ3) is 3.74. The number of sulfonamides is 1. The Kier molecular flexibility index (Phi) is 5.30. The lowest BCUT2D eigenvalue weighted by Gasteiger charge is -2.10. The molecule has 0 atom stereocenters. The molecule has 2 aromatic heterocycles. The Labute approximate surface area is 155 Å². The molecule has 8 nitrogen and oxygen atoms in total. The van der Waals surface area contributed by atoms with Crippen LogP contribution in [0.3, 0.4) is 0 Å². The van der Waals surface area contributed by atoms with Gasteiger partial charge in [0.15, 0.2) is 0 Å². The van der Waals surface area contributed by atoms with Crippen LogP contribution in [0.4, 0.5) is 5.95 Å². The van der Waals surface area contributed by atoms with E-state index in [1.165, 1.54) is 19.5 Å². The van der Waals surface area contributed by atoms with Crippen molar-refractivity contribution >= 4 is 38.5 Å². The van der Waals surface area contributed by atoms with Crippen LogP contribution in [0.5, 0.6) is 5.88 Å². The predicted molar refractivity (Wildman–Crippen MR) is 98.3 cm³/mol. The number of anilines is 1. The molecule has 138 valence electrons. The molecule has 0 saturated carbocycles. The number of halogens is 1. The molecule has 0 radical (unpaired) electrons. The van der Waals surface area contributed by atoms with Gasteiger partial charge in [0, 0.05) is 47.4 Å². The van der Waals surface area contributed by atoms with E-state index in [0.717, 1.165) is 5.56 Å². The molecular weight excluding hydrogens is 380 g/mol. The Balaban J connectivity index is 1.91. The van der Waals surface area contributed by atoms with E-state index >= 15 is 0 Å². The van der Waals surface area contributed by atoms with E-state index < -0.39 is 10.0 Å². The highest BCUT2D eigenvalue weighted by molar-refractivity contribution is 7.93. The molecule has 0 aliphatic carbocycles. The molecule has 0 aliphatic heterocycles. The quantitative estimate of drug-likeness (QED) is 0.635. The van der Waals surface area contributed by atoms with Crippen molar-refractivity contribution in [1.29, 1.82) is 0 Å². The van der Waals surface area contributed by atoms with Gasteiger partial charge < -0.3 is 14.5 Å². The van der Waals surface area contributed by atoms with Crippen molar-refractivity contribution in [2.24, 2.45) is 0 Å². The van der Waals surface area contributed by atoms with Crippen LogP contribution in [0.2, 0.25) is 5.02 Å². The predicted octanol–water partition coefficient (Wildman–Crippen LogP) is 2.61. The third-order valence-electron chi connectivity index (χ3n) is 3.71. The molecule has 26 heavy (non-hydrogen) atoms. The van der Waals surface area contributed by atoms with Gasteiger partial charge in [0.05, 0.1) is 13.7 Å². The van der Waals surface area contributed by atoms with Crippen molar-refractivity contribution in [1.82, 2.24) is 15.0 Å². The summed E-state index contributed by atoms with van der Waals surface area (Å²) in [4.78, 5) is 11.2. The highest BCUT2D eigenvalue weighted by Gasteiger charge is 2.21. The summed E-state index contributed by atoms with van der Waals surface area (Å²) < 4.78 is 38.0. The maximum Gasteiger partial charge on any atom is 0.266 e. The minimum Gasteiger partial charge on any atom is -0.481 e. The smallest absolute Gasteiger partial charge is 0.266 e. The van der Waals surface area contributed by atoms with Crippen molar-refractivity contribution in [3.8, 4) is 5.88 Å². The van der Waals surface area contributed by atoms with Gasteiger partial charge in [0.2, 0.25) is 11.8 Å². The molecule has 3 rings (SSSR count). The molecule has 0 saturated heterocycles. The Morgan fingerprint density at radius 1 is 1.31 bits per heavy atom. The number of benzene rings is 1. The van der Waals surface area contributed by atoms with Gasteiger partial charge in [-0.1, -0.05) is 11.6 Å². The zero-order valence-electron chi connectivity index (χ0n) is 14.1. The lowest BCUT2D eigenvalue weighted by molar-refractivity contribution is 0.201. The number of H-pyrrole nitrogens is 1. The molecule has 2 heterocycles. The Hall–Kier alpha value is -2.36. The van der Waals surface area contributed by atoms with Crippen LogP contribution in [-0.4, -0.2) is 44.2 Å². The summed E-state index contributed by atoms with van der Waals surface area (Å²) >= 11 is 5.93. The molecule has 1 aromatic carbocycles. The fraction of sp³-hybridized carbons (Fsp3) is 0.250. The summed E-state index contributed by atoms with van der Waals surface area (Å²) in [5, 5.41) is 1.03. The molecule has 0 spiro atoms. The van der Waals surface area contributed by atoms with E-state index in [1.807, 2.05) is 0 Å². The second kappa shape index (κ2) is 7.48. The number of fused-ring (bicyclic) bond motifs is 1. The number of hydrogen-bond acceptors (Lipinski definition) is 6. The number of nitrogens with one attached hydrogen (secondary N) is 2. The van der Waals surface area contributed by atoms with Gasteiger partial charge in [-0.15, -0.1) is 0 Å². The standard InChI is InChI=1S/C16H17ClN4O4S/c1-24-6-5-10-8-19-16(20-15(10)25-2)21-26(22,23)14-9-18-13-7-11(17)3-4-12(13)14/h3-4,7-9,18H,5-6H2,1-2H3,(H,19,20,21). The fourth-order valence-corrected chi connectivity index (χ4v) is 3.77. The van der Waals surface area contributed by atoms with Crippen LogP contribution in [-0.2, 0) is 21.2 Å². The van der Waals surface area contributed by atoms with Gasteiger partial charge in [-0.25, -0.2) is 18.1 Å². The van der Waals surface area contributed by atoms with Gasteiger partial charge in [0.1, 0.15) is 4.90 Å². The summed E-state index contributed by atoms with van der Waals surface area (Å²) in [6, 6.07) is 4.92. The number of methoxy groups -OCH3 is 2. The summed E-state index contributed by atoms with van der Waals surface area (Å²) in [6.07, 6.45) is 3.46. The van der Waals surface area contributed by atoms with Crippen molar-refractivity contribution in [3.63, 3.8) is 0 Å². The van der Waals surface area contributed by atoms with Crippen LogP contribution in [0, 0.1) is 0 Å². The second-order valence-electron chi connectivity index (χ2n) is 5.42. The number of ether oxygens (including phenoxy) is 2. The first-order chi connectivity index (χ1) is 12.4. The van der Waals surface area contributed by atoms with Crippen LogP contribution >= 0.6 is 11.6 Å². The molecular formula is C16H17ClN4O4S. The SMILES string of the molecule is COCCc1cnc(NS(=O)(=O)c2c[nH]c3cc(Cl)ccc23)nc1OC. The lowest BCUT2D eigenvalue weighted by atomic mass is 10.2. The van der Waals surface area contributed by atoms with Crippen molar-refractivity contribution in [3.05, 3.63) is 41.2 Å². The van der Waals surface area contributed by atoms with E-state index in [2.05, 4.69) is 19.7 Å². The van der Waals surface area contributed by atoms with Crippen LogP contribution < -0.4 is 9.46 Å². The van der Waals surface area contributed by atoms with Crippen LogP contribution in [0.1, 0.15) is 5.56 Å². The molecule has 2 N–H and O–H groups in total. The highest BCUT2D eigenvalue weighted by Crippen LogP contribution is 2.27. The highest BCUT2D eigenvalue weighted by atomic mass is 35.5. The molecule has 3 aromatic rings. The zero-order chi connectivity index (χ0) is 18.7. The minimum atomic E-state index is -3.89. The third-order valence-corrected chi connectivity index (χ3v) is 5.32. The Bertz CT molecular complexity index is 1040. The van der Waals surface area contributed by atoms with Gasteiger partial charge in [-0.3, -0.25) is 0 Å². The number of rotatable bonds is 7. The average molecular weight is 397 g/mol. The van der Waals surface area contributed by atoms with Gasteiger partial charge >= 0.3 is 0 Å². The summed E-state index contributed by atoms with van der Waals surface area (Å²) in [7, 11) is -0.848. The molecule has 0 unspecified atom stereocenters. The van der Waals surface area contributed by atoms with E-state index in [1.54, 1.807) is 25.3 Å². The molecule has 0 amide bonds. The minimum absolute atomic E-state index is 0.0775. The summed E-state index contributed by atoms with van der Waals surface area (Å²) in [5.41, 5.74) is 1.34. The number of aromatic nitrogens is 3. The van der Waals surface area contributed by atoms with Crippen molar-refractivity contribution in [2.75, 3.05) is 25.5 Å². The van der Waals surface area contributed by atoms with Crippen LogP contribution in [0.15, 0.2) is 35.5 Å². The number of nitrogens with zero attached hydrogens (tertiary/aromatic N) is 2. The fourth-order valence-electron chi connectivity index (χ4n) is 2.47. The number of hydrogen-bond donors (Lipinski definition) is 2. The van der Waals surface area contributed by atoms with E-state index in [-0.39, 0.29) is 10.8 Å². The first kappa shape index (κ1) is 18.4. The summed E-state index contributed by atoms with van der Waals surface area (Å²) in [5.74, 6) is 0.215. The van der Waals surface area contributed by atoms with Crippen LogP contribution in [0.25, 0.3) is 10.9 Å². The maximum absolute atomic E-state index is 12.7. The average Bonchev–Trinajstić information content (AvgIpc) is 3.04. The molecule has 10 heteroatoms. The summed E-state index contributed by atoms with van der Waals surface area (Å²) in [6.45, 7) is 0.475. The molecule has 0 bridgehead atoms. The van der Waals surface area contributed by atoms with E-state index in [9.17, 15) is 8.42 Å². The van der Waals surface area contributed by atoms with Gasteiger partial charge in [-0.05, 0) is 18.2 Å². The van der Waals surface area contributed by atoms with Crippen molar-refractivity contribution < 1.29 is 17.9 Å². The number of aromatic amines is 1. The largest absolute Gasteiger partial charge is 0.481 e. The van der Waals surface area contributed by atoms with Gasteiger partial charge in [-0.2, -0.15) is 4.98 Å². The Morgan fingerprint density at radius 2 is 2.12 bits per heavy atom. The van der Waals surface area contributed by atoms with E-state index in [0.29, 0.717) is 34.8 Å². The Morgan fingerprint density at radius 3 is 2.85 bits per heavy atom. The molecule has 0 fully saturated rings. The lowest BCUT2D eigenvalue weighted by Crippen LogP contribution is -2.15. The van der Waals surface area contributed by atoms with E-state index in [4.69, 9.17) is 21.1 Å². The second-order valence-corrected chi connectivity index (χ2v) is 7.51. The molecule has 0 aliphatic rings. The van der Waals surface area contributed by atoms with Gasteiger partial charge in [0.25, 0.3) is 10.0 Å². The first-order valence-corrected chi connectivity index (χ1v) is 9.49. The zero-order valence-corrected chi connectivity index (χ0v) is 15.7.